The molecule has 0 aliphatic rings. The van der Waals surface area contributed by atoms with Crippen molar-refractivity contribution < 1.29 is 9.84 Å². The number of hydrogen-bond acceptors (Lipinski definition) is 2. The summed E-state index contributed by atoms with van der Waals surface area (Å²) in [5.41, 5.74) is 3.18. The molecule has 0 aliphatic heterocycles. The Balaban J connectivity index is 0.000000956. The zero-order chi connectivity index (χ0) is 15.0. The first kappa shape index (κ1) is 16.6. The van der Waals surface area contributed by atoms with E-state index in [1.54, 1.807) is 6.07 Å². The van der Waals surface area contributed by atoms with Crippen molar-refractivity contribution in [2.24, 2.45) is 0 Å². The predicted octanol–water partition coefficient (Wildman–Crippen LogP) is 5.20. The number of phenols is 1. The molecule has 0 bridgehead atoms. The van der Waals surface area contributed by atoms with Crippen molar-refractivity contribution in [3.63, 3.8) is 0 Å². The molecule has 108 valence electrons. The molecule has 2 nitrogen and oxygen atoms in total. The summed E-state index contributed by atoms with van der Waals surface area (Å²) >= 11 is 3.43. The molecule has 2 aromatic carbocycles. The average molecular weight is 337 g/mol. The molecule has 0 amide bonds. The van der Waals surface area contributed by atoms with E-state index in [4.69, 9.17) is 4.74 Å². The first-order chi connectivity index (χ1) is 9.72. The van der Waals surface area contributed by atoms with Gasteiger partial charge in [0.05, 0.1) is 0 Å². The number of aryl methyl sites for hydroxylation is 1. The van der Waals surface area contributed by atoms with Crippen LogP contribution in [0.15, 0.2) is 42.5 Å². The van der Waals surface area contributed by atoms with E-state index in [1.807, 2.05) is 57.2 Å². The minimum atomic E-state index is 0.186. The van der Waals surface area contributed by atoms with Crippen molar-refractivity contribution >= 4 is 15.9 Å². The van der Waals surface area contributed by atoms with Gasteiger partial charge in [-0.1, -0.05) is 66.2 Å². The first-order valence-electron chi connectivity index (χ1n) is 6.76. The molecule has 0 saturated carbocycles. The van der Waals surface area contributed by atoms with Crippen LogP contribution in [-0.4, -0.2) is 5.11 Å². The molecule has 0 radical (unpaired) electrons. The van der Waals surface area contributed by atoms with Crippen LogP contribution in [0.4, 0.5) is 0 Å². The van der Waals surface area contributed by atoms with Crippen LogP contribution in [0.5, 0.6) is 11.5 Å². The molecule has 0 aromatic heterocycles. The average Bonchev–Trinajstić information content (AvgIpc) is 2.51. The smallest absolute Gasteiger partial charge is 0.165 e. The normalized spacial score (nSPS) is 9.60. The molecular weight excluding hydrogens is 316 g/mol. The second-order valence-corrected chi connectivity index (χ2v) is 4.68. The highest BCUT2D eigenvalue weighted by Crippen LogP contribution is 2.34. The summed E-state index contributed by atoms with van der Waals surface area (Å²) in [6.07, 6.45) is 0. The van der Waals surface area contributed by atoms with E-state index < -0.39 is 0 Å². The van der Waals surface area contributed by atoms with Gasteiger partial charge in [-0.05, 0) is 24.1 Å². The third-order valence-corrected chi connectivity index (χ3v) is 3.39. The van der Waals surface area contributed by atoms with Gasteiger partial charge in [-0.3, -0.25) is 0 Å². The van der Waals surface area contributed by atoms with Crippen molar-refractivity contribution in [2.75, 3.05) is 0 Å². The predicted molar refractivity (Wildman–Crippen MR) is 87.6 cm³/mol. The van der Waals surface area contributed by atoms with Crippen LogP contribution in [0, 0.1) is 6.92 Å². The van der Waals surface area contributed by atoms with Crippen molar-refractivity contribution in [2.45, 2.75) is 32.7 Å². The summed E-state index contributed by atoms with van der Waals surface area (Å²) in [7, 11) is 0. The van der Waals surface area contributed by atoms with E-state index in [2.05, 4.69) is 15.9 Å². The molecule has 0 atom stereocenters. The fourth-order valence-electron chi connectivity index (χ4n) is 1.77. The molecule has 0 spiro atoms. The van der Waals surface area contributed by atoms with Gasteiger partial charge in [-0.15, -0.1) is 0 Å². The zero-order valence-corrected chi connectivity index (χ0v) is 13.8. The number of ether oxygens (including phenoxy) is 1. The second kappa shape index (κ2) is 8.64. The van der Waals surface area contributed by atoms with Gasteiger partial charge in [0.2, 0.25) is 0 Å². The first-order valence-corrected chi connectivity index (χ1v) is 7.88. The Bertz CT molecular complexity index is 524. The van der Waals surface area contributed by atoms with Crippen LogP contribution in [0.25, 0.3) is 0 Å². The van der Waals surface area contributed by atoms with Crippen LogP contribution < -0.4 is 4.74 Å². The molecule has 0 fully saturated rings. The Labute approximate surface area is 129 Å². The fourth-order valence-corrected chi connectivity index (χ4v) is 2.47. The van der Waals surface area contributed by atoms with Crippen molar-refractivity contribution in [3.05, 3.63) is 59.2 Å². The Morgan fingerprint density at radius 2 is 1.70 bits per heavy atom. The summed E-state index contributed by atoms with van der Waals surface area (Å²) < 4.78 is 5.75. The minimum absolute atomic E-state index is 0.186. The molecule has 2 rings (SSSR count). The molecule has 20 heavy (non-hydrogen) atoms. The van der Waals surface area contributed by atoms with Crippen LogP contribution in [0.2, 0.25) is 0 Å². The maximum Gasteiger partial charge on any atom is 0.165 e. The summed E-state index contributed by atoms with van der Waals surface area (Å²) in [5, 5.41) is 10.5. The number of phenolic OH excluding ortho intramolecular Hbond substituents is 1. The quantitative estimate of drug-likeness (QED) is 0.777. The number of halogens is 1. The minimum Gasteiger partial charge on any atom is -0.504 e. The van der Waals surface area contributed by atoms with E-state index >= 15 is 0 Å². The summed E-state index contributed by atoms with van der Waals surface area (Å²) in [6.45, 7) is 6.46. The van der Waals surface area contributed by atoms with Gasteiger partial charge >= 0.3 is 0 Å². The lowest BCUT2D eigenvalue weighted by Gasteiger charge is -2.14. The lowest BCUT2D eigenvalue weighted by molar-refractivity contribution is 0.286. The van der Waals surface area contributed by atoms with Crippen LogP contribution >= 0.6 is 15.9 Å². The molecule has 2 aromatic rings. The lowest BCUT2D eigenvalue weighted by Crippen LogP contribution is -1.99. The Morgan fingerprint density at radius 3 is 2.30 bits per heavy atom. The number of aromatic hydroxyl groups is 1. The third-order valence-electron chi connectivity index (χ3n) is 2.83. The SMILES string of the molecule is CC.Cc1ccc(O)c(OCc2ccccc2)c1CBr. The summed E-state index contributed by atoms with van der Waals surface area (Å²) in [5.74, 6) is 0.752. The van der Waals surface area contributed by atoms with Crippen molar-refractivity contribution in [1.82, 2.24) is 0 Å². The van der Waals surface area contributed by atoms with Gasteiger partial charge in [0.1, 0.15) is 6.61 Å². The number of rotatable bonds is 4. The molecule has 0 unspecified atom stereocenters. The van der Waals surface area contributed by atoms with Gasteiger partial charge in [0.15, 0.2) is 11.5 Å². The third kappa shape index (κ3) is 4.27. The maximum atomic E-state index is 9.88. The number of benzene rings is 2. The van der Waals surface area contributed by atoms with E-state index in [1.165, 1.54) is 0 Å². The highest BCUT2D eigenvalue weighted by Gasteiger charge is 2.11. The van der Waals surface area contributed by atoms with E-state index in [9.17, 15) is 5.11 Å². The van der Waals surface area contributed by atoms with Crippen LogP contribution in [0.3, 0.4) is 0 Å². The molecular formula is C17H21BrO2. The van der Waals surface area contributed by atoms with E-state index in [0.717, 1.165) is 16.7 Å². The van der Waals surface area contributed by atoms with Gasteiger partial charge in [-0.2, -0.15) is 0 Å². The standard InChI is InChI=1S/C15H15BrO2.C2H6/c1-11-7-8-14(17)15(13(11)9-16)18-10-12-5-3-2-4-6-12;1-2/h2-8,17H,9-10H2,1H3;1-2H3. The van der Waals surface area contributed by atoms with Crippen LogP contribution in [0.1, 0.15) is 30.5 Å². The maximum absolute atomic E-state index is 9.88. The highest BCUT2D eigenvalue weighted by molar-refractivity contribution is 9.08. The summed E-state index contributed by atoms with van der Waals surface area (Å²) in [6, 6.07) is 13.5. The molecule has 0 heterocycles. The molecule has 0 aliphatic carbocycles. The van der Waals surface area contributed by atoms with Crippen LogP contribution in [-0.2, 0) is 11.9 Å². The second-order valence-electron chi connectivity index (χ2n) is 4.12. The fraction of sp³-hybridized carbons (Fsp3) is 0.294. The molecule has 1 N–H and O–H groups in total. The zero-order valence-electron chi connectivity index (χ0n) is 12.2. The number of hydrogen-bond donors (Lipinski definition) is 1. The van der Waals surface area contributed by atoms with E-state index in [-0.39, 0.29) is 5.75 Å². The number of alkyl halides is 1. The largest absolute Gasteiger partial charge is 0.504 e. The molecule has 0 saturated heterocycles. The lowest BCUT2D eigenvalue weighted by atomic mass is 10.1. The van der Waals surface area contributed by atoms with Gasteiger partial charge in [0, 0.05) is 10.9 Å². The Hall–Kier alpha value is -1.48. The Kier molecular flexibility index (Phi) is 7.16. The topological polar surface area (TPSA) is 29.5 Å². The van der Waals surface area contributed by atoms with Crippen molar-refractivity contribution in [3.8, 4) is 11.5 Å². The van der Waals surface area contributed by atoms with Gasteiger partial charge in [-0.25, -0.2) is 0 Å². The van der Waals surface area contributed by atoms with Gasteiger partial charge in [0.25, 0.3) is 0 Å². The van der Waals surface area contributed by atoms with Gasteiger partial charge < -0.3 is 9.84 Å². The highest BCUT2D eigenvalue weighted by atomic mass is 79.9. The van der Waals surface area contributed by atoms with Crippen molar-refractivity contribution in [1.29, 1.82) is 0 Å². The monoisotopic (exact) mass is 336 g/mol. The van der Waals surface area contributed by atoms with E-state index in [0.29, 0.717) is 17.7 Å². The molecule has 3 heteroatoms. The summed E-state index contributed by atoms with van der Waals surface area (Å²) in [4.78, 5) is 0. The Morgan fingerprint density at radius 1 is 1.05 bits per heavy atom.